The second kappa shape index (κ2) is 6.68. The van der Waals surface area contributed by atoms with Gasteiger partial charge in [0.05, 0.1) is 0 Å². The van der Waals surface area contributed by atoms with E-state index in [-0.39, 0.29) is 23.8 Å². The lowest BCUT2D eigenvalue weighted by molar-refractivity contribution is -0.123. The molecular weight excluding hydrogens is 262 g/mol. The number of nitrogens with two attached hydrogens (primary N) is 1. The van der Waals surface area contributed by atoms with Crippen molar-refractivity contribution in [1.82, 2.24) is 10.6 Å². The molecule has 4 N–H and O–H groups in total. The Morgan fingerprint density at radius 1 is 1.42 bits per heavy atom. The van der Waals surface area contributed by atoms with Gasteiger partial charge in [0.2, 0.25) is 11.8 Å². The van der Waals surface area contributed by atoms with E-state index in [4.69, 9.17) is 5.73 Å². The van der Waals surface area contributed by atoms with E-state index < -0.39 is 6.04 Å². The SMILES string of the molecule is CC(C)(C)NC(=O)CCNC(=O)C(N)c1cccs1. The van der Waals surface area contributed by atoms with E-state index in [0.717, 1.165) is 4.88 Å². The van der Waals surface area contributed by atoms with Crippen molar-refractivity contribution in [3.05, 3.63) is 22.4 Å². The molecule has 0 bridgehead atoms. The number of carbonyl (C=O) groups is 2. The van der Waals surface area contributed by atoms with Crippen LogP contribution in [0, 0.1) is 0 Å². The first-order chi connectivity index (χ1) is 8.79. The molecule has 0 spiro atoms. The summed E-state index contributed by atoms with van der Waals surface area (Å²) < 4.78 is 0. The molecule has 0 aliphatic carbocycles. The molecule has 0 saturated carbocycles. The molecule has 1 rings (SSSR count). The van der Waals surface area contributed by atoms with E-state index >= 15 is 0 Å². The molecule has 19 heavy (non-hydrogen) atoms. The maximum Gasteiger partial charge on any atom is 0.242 e. The number of rotatable bonds is 5. The van der Waals surface area contributed by atoms with Crippen LogP contribution in [-0.2, 0) is 9.59 Å². The molecule has 106 valence electrons. The van der Waals surface area contributed by atoms with E-state index in [2.05, 4.69) is 10.6 Å². The predicted molar refractivity (Wildman–Crippen MR) is 76.8 cm³/mol. The molecule has 1 unspecified atom stereocenters. The first-order valence-corrected chi connectivity index (χ1v) is 7.05. The largest absolute Gasteiger partial charge is 0.354 e. The molecule has 1 heterocycles. The Bertz CT molecular complexity index is 424. The van der Waals surface area contributed by atoms with Crippen molar-refractivity contribution in [1.29, 1.82) is 0 Å². The van der Waals surface area contributed by atoms with Gasteiger partial charge in [0.15, 0.2) is 0 Å². The third kappa shape index (κ3) is 5.85. The summed E-state index contributed by atoms with van der Waals surface area (Å²) in [5.41, 5.74) is 5.54. The summed E-state index contributed by atoms with van der Waals surface area (Å²) in [7, 11) is 0. The minimum Gasteiger partial charge on any atom is -0.354 e. The molecular formula is C13H21N3O2S. The number of hydrogen-bond acceptors (Lipinski definition) is 4. The summed E-state index contributed by atoms with van der Waals surface area (Å²) in [4.78, 5) is 24.1. The van der Waals surface area contributed by atoms with E-state index in [1.807, 2.05) is 38.3 Å². The summed E-state index contributed by atoms with van der Waals surface area (Å²) in [6.45, 7) is 6.03. The molecule has 0 aliphatic rings. The summed E-state index contributed by atoms with van der Waals surface area (Å²) in [6, 6.07) is 3.01. The predicted octanol–water partition coefficient (Wildman–Crippen LogP) is 1.17. The van der Waals surface area contributed by atoms with Gasteiger partial charge in [-0.15, -0.1) is 11.3 Å². The van der Waals surface area contributed by atoms with E-state index in [1.54, 1.807) is 0 Å². The van der Waals surface area contributed by atoms with Crippen molar-refractivity contribution in [3.8, 4) is 0 Å². The number of amides is 2. The van der Waals surface area contributed by atoms with Gasteiger partial charge in [0.1, 0.15) is 6.04 Å². The highest BCUT2D eigenvalue weighted by Gasteiger charge is 2.17. The lowest BCUT2D eigenvalue weighted by Crippen LogP contribution is -2.42. The van der Waals surface area contributed by atoms with E-state index in [0.29, 0.717) is 6.54 Å². The third-order valence-electron chi connectivity index (χ3n) is 2.30. The molecule has 0 fully saturated rings. The first kappa shape index (κ1) is 15.7. The van der Waals surface area contributed by atoms with Crippen LogP contribution in [0.4, 0.5) is 0 Å². The normalized spacial score (nSPS) is 12.8. The third-order valence-corrected chi connectivity index (χ3v) is 3.25. The fourth-order valence-corrected chi connectivity index (χ4v) is 2.21. The lowest BCUT2D eigenvalue weighted by atomic mass is 10.1. The van der Waals surface area contributed by atoms with Crippen LogP contribution in [-0.4, -0.2) is 23.9 Å². The quantitative estimate of drug-likeness (QED) is 0.758. The van der Waals surface area contributed by atoms with Crippen molar-refractivity contribution >= 4 is 23.2 Å². The zero-order valence-corrected chi connectivity index (χ0v) is 12.3. The van der Waals surface area contributed by atoms with Gasteiger partial charge in [0.25, 0.3) is 0 Å². The zero-order valence-electron chi connectivity index (χ0n) is 11.5. The smallest absolute Gasteiger partial charge is 0.242 e. The van der Waals surface area contributed by atoms with Gasteiger partial charge >= 0.3 is 0 Å². The minimum atomic E-state index is -0.661. The molecule has 0 aromatic carbocycles. The molecule has 1 aromatic rings. The zero-order chi connectivity index (χ0) is 14.5. The van der Waals surface area contributed by atoms with Crippen LogP contribution in [0.3, 0.4) is 0 Å². The van der Waals surface area contributed by atoms with Gasteiger partial charge in [-0.25, -0.2) is 0 Å². The van der Waals surface area contributed by atoms with Crippen LogP contribution in [0.25, 0.3) is 0 Å². The van der Waals surface area contributed by atoms with Crippen molar-refractivity contribution in [2.45, 2.75) is 38.8 Å². The fraction of sp³-hybridized carbons (Fsp3) is 0.538. The average molecular weight is 283 g/mol. The van der Waals surface area contributed by atoms with Crippen molar-refractivity contribution < 1.29 is 9.59 Å². The lowest BCUT2D eigenvalue weighted by Gasteiger charge is -2.20. The van der Waals surface area contributed by atoms with E-state index in [9.17, 15) is 9.59 Å². The number of hydrogen-bond donors (Lipinski definition) is 3. The Labute approximate surface area is 117 Å². The topological polar surface area (TPSA) is 84.2 Å². The second-order valence-corrected chi connectivity index (χ2v) is 6.31. The maximum atomic E-state index is 11.7. The summed E-state index contributed by atoms with van der Waals surface area (Å²) in [5, 5.41) is 7.37. The number of thiophene rings is 1. The maximum absolute atomic E-state index is 11.7. The van der Waals surface area contributed by atoms with Gasteiger partial charge in [-0.05, 0) is 32.2 Å². The van der Waals surface area contributed by atoms with Gasteiger partial charge in [0, 0.05) is 23.4 Å². The first-order valence-electron chi connectivity index (χ1n) is 6.17. The van der Waals surface area contributed by atoms with Crippen LogP contribution in [0.1, 0.15) is 38.1 Å². The summed E-state index contributed by atoms with van der Waals surface area (Å²) in [5.74, 6) is -0.344. The van der Waals surface area contributed by atoms with Crippen LogP contribution in [0.15, 0.2) is 17.5 Å². The minimum absolute atomic E-state index is 0.0857. The van der Waals surface area contributed by atoms with Crippen LogP contribution >= 0.6 is 11.3 Å². The highest BCUT2D eigenvalue weighted by atomic mass is 32.1. The van der Waals surface area contributed by atoms with Crippen LogP contribution in [0.5, 0.6) is 0 Å². The standard InChI is InChI=1S/C13H21N3O2S/c1-13(2,3)16-10(17)6-7-15-12(18)11(14)9-5-4-8-19-9/h4-5,8,11H,6-7,14H2,1-3H3,(H,15,18)(H,16,17). The average Bonchev–Trinajstić information content (AvgIpc) is 2.78. The molecule has 0 saturated heterocycles. The molecule has 6 heteroatoms. The van der Waals surface area contributed by atoms with E-state index in [1.165, 1.54) is 11.3 Å². The summed E-state index contributed by atoms with van der Waals surface area (Å²) >= 11 is 1.44. The van der Waals surface area contributed by atoms with Crippen molar-refractivity contribution in [3.63, 3.8) is 0 Å². The second-order valence-electron chi connectivity index (χ2n) is 5.33. The summed E-state index contributed by atoms with van der Waals surface area (Å²) in [6.07, 6.45) is 0.250. The van der Waals surface area contributed by atoms with Crippen molar-refractivity contribution in [2.24, 2.45) is 5.73 Å². The Morgan fingerprint density at radius 2 is 2.11 bits per heavy atom. The Balaban J connectivity index is 2.30. The number of nitrogens with one attached hydrogen (secondary N) is 2. The Kier molecular flexibility index (Phi) is 5.50. The molecule has 2 amide bonds. The molecule has 1 atom stereocenters. The molecule has 1 aromatic heterocycles. The molecule has 0 aliphatic heterocycles. The highest BCUT2D eigenvalue weighted by molar-refractivity contribution is 7.10. The van der Waals surface area contributed by atoms with Crippen LogP contribution in [0.2, 0.25) is 0 Å². The Morgan fingerprint density at radius 3 is 2.63 bits per heavy atom. The Hall–Kier alpha value is -1.40. The fourth-order valence-electron chi connectivity index (χ4n) is 1.49. The number of carbonyl (C=O) groups excluding carboxylic acids is 2. The monoisotopic (exact) mass is 283 g/mol. The van der Waals surface area contributed by atoms with Gasteiger partial charge < -0.3 is 16.4 Å². The van der Waals surface area contributed by atoms with Gasteiger partial charge in [-0.3, -0.25) is 9.59 Å². The highest BCUT2D eigenvalue weighted by Crippen LogP contribution is 2.16. The molecule has 0 radical (unpaired) electrons. The molecule has 5 nitrogen and oxygen atoms in total. The van der Waals surface area contributed by atoms with Crippen LogP contribution < -0.4 is 16.4 Å². The van der Waals surface area contributed by atoms with Crippen molar-refractivity contribution in [2.75, 3.05) is 6.54 Å². The van der Waals surface area contributed by atoms with Gasteiger partial charge in [-0.1, -0.05) is 6.07 Å². The van der Waals surface area contributed by atoms with Gasteiger partial charge in [-0.2, -0.15) is 0 Å².